The van der Waals surface area contributed by atoms with Crippen molar-refractivity contribution in [2.24, 2.45) is 5.92 Å². The second-order valence-electron chi connectivity index (χ2n) is 4.61. The third-order valence-corrected chi connectivity index (χ3v) is 3.18. The summed E-state index contributed by atoms with van der Waals surface area (Å²) in [5.41, 5.74) is 0. The van der Waals surface area contributed by atoms with Crippen LogP contribution in [0.5, 0.6) is 0 Å². The number of nitrogens with one attached hydrogen (secondary N) is 2. The van der Waals surface area contributed by atoms with Crippen LogP contribution in [0.4, 0.5) is 13.2 Å². The number of hydrogen-bond acceptors (Lipinski definition) is 2. The van der Waals surface area contributed by atoms with Gasteiger partial charge in [0.15, 0.2) is 0 Å². The van der Waals surface area contributed by atoms with Crippen LogP contribution in [0.15, 0.2) is 0 Å². The smallest absolute Gasteiger partial charge is 0.346 e. The fraction of sp³-hybridized carbons (Fsp3) is 0.909. The minimum Gasteiger partial charge on any atom is -0.346 e. The van der Waals surface area contributed by atoms with E-state index in [-0.39, 0.29) is 12.6 Å². The first-order valence-corrected chi connectivity index (χ1v) is 5.95. The maximum Gasteiger partial charge on any atom is 0.405 e. The molecule has 0 saturated heterocycles. The summed E-state index contributed by atoms with van der Waals surface area (Å²) in [5.74, 6) is -0.0578. The molecule has 1 amide bonds. The van der Waals surface area contributed by atoms with Gasteiger partial charge in [-0.3, -0.25) is 4.79 Å². The van der Waals surface area contributed by atoms with Gasteiger partial charge >= 0.3 is 6.18 Å². The van der Waals surface area contributed by atoms with Crippen molar-refractivity contribution in [3.05, 3.63) is 0 Å². The number of rotatable bonds is 5. The van der Waals surface area contributed by atoms with Crippen molar-refractivity contribution >= 4 is 5.91 Å². The highest BCUT2D eigenvalue weighted by atomic mass is 19.4. The largest absolute Gasteiger partial charge is 0.405 e. The van der Waals surface area contributed by atoms with Crippen molar-refractivity contribution in [3.8, 4) is 0 Å². The molecule has 1 aliphatic rings. The molecule has 1 saturated carbocycles. The predicted molar refractivity (Wildman–Crippen MR) is 58.5 cm³/mol. The Bertz CT molecular complexity index is 250. The molecule has 0 bridgehead atoms. The molecule has 2 N–H and O–H groups in total. The number of halogens is 3. The Morgan fingerprint density at radius 3 is 2.47 bits per heavy atom. The summed E-state index contributed by atoms with van der Waals surface area (Å²) in [6.45, 7) is 0.673. The van der Waals surface area contributed by atoms with E-state index in [9.17, 15) is 18.0 Å². The second kappa shape index (κ2) is 6.23. The van der Waals surface area contributed by atoms with Gasteiger partial charge in [-0.25, -0.2) is 0 Å². The van der Waals surface area contributed by atoms with Crippen LogP contribution in [0.1, 0.15) is 32.6 Å². The maximum atomic E-state index is 11.8. The normalized spacial score (nSPS) is 19.3. The first-order chi connectivity index (χ1) is 7.88. The van der Waals surface area contributed by atoms with Crippen molar-refractivity contribution < 1.29 is 18.0 Å². The Morgan fingerprint density at radius 2 is 1.94 bits per heavy atom. The number of alkyl halides is 3. The zero-order valence-corrected chi connectivity index (χ0v) is 9.94. The average Bonchev–Trinajstić information content (AvgIpc) is 2.75. The van der Waals surface area contributed by atoms with Gasteiger partial charge in [0.25, 0.3) is 0 Å². The van der Waals surface area contributed by atoms with E-state index < -0.39 is 18.6 Å². The first kappa shape index (κ1) is 14.3. The van der Waals surface area contributed by atoms with Crippen LogP contribution < -0.4 is 10.6 Å². The van der Waals surface area contributed by atoms with E-state index in [1.54, 1.807) is 0 Å². The Labute approximate surface area is 99.1 Å². The standard InChI is InChI=1S/C11H19F3N2O/c1-8(9-4-2-3-5-9)15-6-10(17)16-7-11(12,13)14/h8-9,15H,2-7H2,1H3,(H,16,17). The highest BCUT2D eigenvalue weighted by molar-refractivity contribution is 5.78. The Kier molecular flexibility index (Phi) is 5.24. The van der Waals surface area contributed by atoms with E-state index in [1.165, 1.54) is 12.8 Å². The molecular formula is C11H19F3N2O. The lowest BCUT2D eigenvalue weighted by Gasteiger charge is -2.20. The summed E-state index contributed by atoms with van der Waals surface area (Å²) in [5, 5.41) is 4.82. The first-order valence-electron chi connectivity index (χ1n) is 5.95. The number of carbonyl (C=O) groups is 1. The molecule has 1 fully saturated rings. The van der Waals surface area contributed by atoms with Crippen LogP contribution in [0.3, 0.4) is 0 Å². The SMILES string of the molecule is CC(NCC(=O)NCC(F)(F)F)C1CCCC1. The topological polar surface area (TPSA) is 41.1 Å². The molecule has 0 aliphatic heterocycles. The van der Waals surface area contributed by atoms with E-state index >= 15 is 0 Å². The van der Waals surface area contributed by atoms with Crippen LogP contribution in [0.25, 0.3) is 0 Å². The highest BCUT2D eigenvalue weighted by Crippen LogP contribution is 2.27. The summed E-state index contributed by atoms with van der Waals surface area (Å²) in [7, 11) is 0. The second-order valence-corrected chi connectivity index (χ2v) is 4.61. The Balaban J connectivity index is 2.14. The quantitative estimate of drug-likeness (QED) is 0.783. The summed E-state index contributed by atoms with van der Waals surface area (Å²) in [6.07, 6.45) is 0.345. The molecule has 0 spiro atoms. The zero-order chi connectivity index (χ0) is 12.9. The molecule has 6 heteroatoms. The minimum absolute atomic E-state index is 0.0479. The lowest BCUT2D eigenvalue weighted by molar-refractivity contribution is -0.138. The fourth-order valence-electron chi connectivity index (χ4n) is 2.14. The van der Waals surface area contributed by atoms with E-state index in [1.807, 2.05) is 12.2 Å². The Morgan fingerprint density at radius 1 is 1.35 bits per heavy atom. The molecule has 1 atom stereocenters. The van der Waals surface area contributed by atoms with E-state index in [0.29, 0.717) is 5.92 Å². The Hall–Kier alpha value is -0.780. The summed E-state index contributed by atoms with van der Waals surface area (Å²) >= 11 is 0. The number of carbonyl (C=O) groups excluding carboxylic acids is 1. The molecule has 0 aromatic rings. The molecule has 17 heavy (non-hydrogen) atoms. The maximum absolute atomic E-state index is 11.8. The molecular weight excluding hydrogens is 233 g/mol. The van der Waals surface area contributed by atoms with E-state index in [4.69, 9.17) is 0 Å². The molecule has 0 aromatic heterocycles. The van der Waals surface area contributed by atoms with E-state index in [2.05, 4.69) is 5.32 Å². The van der Waals surface area contributed by atoms with Crippen LogP contribution >= 0.6 is 0 Å². The molecule has 3 nitrogen and oxygen atoms in total. The zero-order valence-electron chi connectivity index (χ0n) is 9.94. The summed E-state index contributed by atoms with van der Waals surface area (Å²) in [6, 6.07) is 0.189. The van der Waals surface area contributed by atoms with Gasteiger partial charge in [-0.15, -0.1) is 0 Å². The van der Waals surface area contributed by atoms with Crippen LogP contribution in [0, 0.1) is 5.92 Å². The van der Waals surface area contributed by atoms with Crippen LogP contribution in [-0.2, 0) is 4.79 Å². The monoisotopic (exact) mass is 252 g/mol. The van der Waals surface area contributed by atoms with Gasteiger partial charge in [-0.05, 0) is 25.7 Å². The summed E-state index contributed by atoms with van der Waals surface area (Å²) < 4.78 is 35.5. The lowest BCUT2D eigenvalue weighted by Crippen LogP contribution is -2.43. The molecule has 1 unspecified atom stereocenters. The highest BCUT2D eigenvalue weighted by Gasteiger charge is 2.28. The number of hydrogen-bond donors (Lipinski definition) is 2. The number of amides is 1. The molecule has 0 radical (unpaired) electrons. The van der Waals surface area contributed by atoms with Gasteiger partial charge in [0, 0.05) is 6.04 Å². The van der Waals surface area contributed by atoms with Crippen molar-refractivity contribution in [2.75, 3.05) is 13.1 Å². The van der Waals surface area contributed by atoms with Crippen molar-refractivity contribution in [2.45, 2.75) is 44.8 Å². The van der Waals surface area contributed by atoms with Gasteiger partial charge in [0.05, 0.1) is 6.54 Å². The van der Waals surface area contributed by atoms with Crippen molar-refractivity contribution in [1.29, 1.82) is 0 Å². The van der Waals surface area contributed by atoms with Crippen LogP contribution in [0.2, 0.25) is 0 Å². The molecule has 0 aromatic carbocycles. The predicted octanol–water partition coefficient (Wildman–Crippen LogP) is 1.83. The van der Waals surface area contributed by atoms with Gasteiger partial charge < -0.3 is 10.6 Å². The third-order valence-electron chi connectivity index (χ3n) is 3.18. The third kappa shape index (κ3) is 5.91. The molecule has 1 rings (SSSR count). The average molecular weight is 252 g/mol. The molecule has 100 valence electrons. The van der Waals surface area contributed by atoms with Crippen LogP contribution in [-0.4, -0.2) is 31.2 Å². The molecule has 1 aliphatic carbocycles. The minimum atomic E-state index is -4.34. The van der Waals surface area contributed by atoms with Gasteiger partial charge in [-0.1, -0.05) is 12.8 Å². The fourth-order valence-corrected chi connectivity index (χ4v) is 2.14. The summed E-state index contributed by atoms with van der Waals surface area (Å²) in [4.78, 5) is 11.1. The van der Waals surface area contributed by atoms with Gasteiger partial charge in [0.2, 0.25) is 5.91 Å². The molecule has 0 heterocycles. The van der Waals surface area contributed by atoms with Gasteiger partial charge in [0.1, 0.15) is 6.54 Å². The lowest BCUT2D eigenvalue weighted by atomic mass is 10.00. The van der Waals surface area contributed by atoms with Gasteiger partial charge in [-0.2, -0.15) is 13.2 Å². The van der Waals surface area contributed by atoms with Crippen molar-refractivity contribution in [1.82, 2.24) is 10.6 Å². The van der Waals surface area contributed by atoms with E-state index in [0.717, 1.165) is 12.8 Å². The van der Waals surface area contributed by atoms with Crippen molar-refractivity contribution in [3.63, 3.8) is 0 Å².